The van der Waals surface area contributed by atoms with Crippen LogP contribution in [-0.2, 0) is 21.9 Å². The predicted molar refractivity (Wildman–Crippen MR) is 139 cm³/mol. The normalized spacial score (nSPS) is 16.6. The third-order valence-electron chi connectivity index (χ3n) is 5.82. The van der Waals surface area contributed by atoms with Gasteiger partial charge in [-0.05, 0) is 48.6 Å². The minimum Gasteiger partial charge on any atom is -0.351 e. The van der Waals surface area contributed by atoms with Gasteiger partial charge in [0.25, 0.3) is 5.91 Å². The third-order valence-corrected chi connectivity index (χ3v) is 7.68. The number of fused-ring (bicyclic) bond motifs is 3. The maximum absolute atomic E-state index is 13.4. The lowest BCUT2D eigenvalue weighted by molar-refractivity contribution is -0.128. The molecule has 0 aliphatic carbocycles. The van der Waals surface area contributed by atoms with Gasteiger partial charge in [-0.25, -0.2) is 9.89 Å². The number of rotatable bonds is 6. The molecular weight excluding hydrogens is 464 g/mol. The zero-order valence-corrected chi connectivity index (χ0v) is 20.6. The lowest BCUT2D eigenvalue weighted by Gasteiger charge is -2.25. The van der Waals surface area contributed by atoms with E-state index in [-0.39, 0.29) is 18.2 Å². The highest BCUT2D eigenvalue weighted by molar-refractivity contribution is 8.13. The summed E-state index contributed by atoms with van der Waals surface area (Å²) in [5.74, 6) is 0.874. The van der Waals surface area contributed by atoms with Crippen LogP contribution in [0, 0.1) is 13.8 Å². The molecule has 1 unspecified atom stereocenters. The highest BCUT2D eigenvalue weighted by atomic mass is 32.2. The van der Waals surface area contributed by atoms with E-state index in [1.165, 1.54) is 28.5 Å². The summed E-state index contributed by atoms with van der Waals surface area (Å²) in [5, 5.41) is 5.47. The van der Waals surface area contributed by atoms with Crippen LogP contribution >= 0.6 is 23.1 Å². The molecule has 0 spiro atoms. The molecule has 2 aliphatic heterocycles. The van der Waals surface area contributed by atoms with E-state index in [4.69, 9.17) is 9.98 Å². The summed E-state index contributed by atoms with van der Waals surface area (Å²) >= 11 is 3.11. The van der Waals surface area contributed by atoms with Gasteiger partial charge in [-0.1, -0.05) is 53.7 Å². The first-order valence-corrected chi connectivity index (χ1v) is 12.9. The van der Waals surface area contributed by atoms with Gasteiger partial charge in [-0.3, -0.25) is 14.6 Å². The smallest absolute Gasteiger partial charge is 0.259 e. The number of thiophene rings is 1. The van der Waals surface area contributed by atoms with E-state index >= 15 is 0 Å². The lowest BCUT2D eigenvalue weighted by Crippen LogP contribution is -2.42. The fourth-order valence-corrected chi connectivity index (χ4v) is 5.75. The second-order valence-electron chi connectivity index (χ2n) is 8.33. The highest BCUT2D eigenvalue weighted by Crippen LogP contribution is 2.35. The van der Waals surface area contributed by atoms with Gasteiger partial charge < -0.3 is 5.32 Å². The van der Waals surface area contributed by atoms with E-state index in [2.05, 4.69) is 37.4 Å². The number of nitrogens with one attached hydrogen (secondary N) is 1. The van der Waals surface area contributed by atoms with Gasteiger partial charge in [-0.2, -0.15) is 0 Å². The van der Waals surface area contributed by atoms with Crippen LogP contribution in [0.1, 0.15) is 33.6 Å². The molecule has 2 aliphatic rings. The number of carbonyl (C=O) groups excluding carboxylic acids is 2. The van der Waals surface area contributed by atoms with Crippen LogP contribution in [0.3, 0.4) is 0 Å². The molecule has 1 atom stereocenters. The van der Waals surface area contributed by atoms with Crippen LogP contribution in [0.5, 0.6) is 0 Å². The number of aryl methyl sites for hydroxylation is 2. The first-order chi connectivity index (χ1) is 16.5. The Kier molecular flexibility index (Phi) is 6.34. The summed E-state index contributed by atoms with van der Waals surface area (Å²) in [4.78, 5) is 38.1. The average Bonchev–Trinajstić information content (AvgIpc) is 3.46. The zero-order chi connectivity index (χ0) is 23.7. The fourth-order valence-electron chi connectivity index (χ4n) is 4.03. The van der Waals surface area contributed by atoms with Crippen LogP contribution < -0.4 is 5.32 Å². The molecule has 0 bridgehead atoms. The summed E-state index contributed by atoms with van der Waals surface area (Å²) in [6, 6.07) is 17.2. The van der Waals surface area contributed by atoms with Crippen LogP contribution in [-0.4, -0.2) is 33.8 Å². The molecule has 34 heavy (non-hydrogen) atoms. The number of nitrogens with zero attached hydrogens (tertiary/aromatic N) is 3. The molecule has 172 valence electrons. The standard InChI is InChI=1S/C26H24N4O2S2/c1-16-9-10-18(17(2)12-16)15-34-26-29-21-8-4-3-7-20(21)24-28-22(25(32)30(24)26)13-23(31)27-14-19-6-5-11-33-19/h3-12,22H,13-15H2,1-2H3,(H,27,31). The molecule has 6 nitrogen and oxygen atoms in total. The molecule has 1 aromatic heterocycles. The molecular formula is C26H24N4O2S2. The Morgan fingerprint density at radius 1 is 1.15 bits per heavy atom. The number of aliphatic imine (C=N–C) groups is 2. The summed E-state index contributed by atoms with van der Waals surface area (Å²) in [5.41, 5.74) is 5.24. The second kappa shape index (κ2) is 9.56. The fraction of sp³-hybridized carbons (Fsp3) is 0.231. The summed E-state index contributed by atoms with van der Waals surface area (Å²) in [6.45, 7) is 4.63. The van der Waals surface area contributed by atoms with Gasteiger partial charge in [0.05, 0.1) is 18.7 Å². The van der Waals surface area contributed by atoms with E-state index in [1.807, 2.05) is 41.8 Å². The average molecular weight is 489 g/mol. The van der Waals surface area contributed by atoms with E-state index in [9.17, 15) is 9.59 Å². The molecule has 2 amide bonds. The van der Waals surface area contributed by atoms with Crippen molar-refractivity contribution in [3.8, 4) is 0 Å². The van der Waals surface area contributed by atoms with E-state index in [1.54, 1.807) is 16.2 Å². The molecule has 3 heterocycles. The van der Waals surface area contributed by atoms with Crippen molar-refractivity contribution in [3.63, 3.8) is 0 Å². The first kappa shape index (κ1) is 22.6. The number of hydrogen-bond acceptors (Lipinski definition) is 6. The van der Waals surface area contributed by atoms with Gasteiger partial charge in [0.1, 0.15) is 11.9 Å². The van der Waals surface area contributed by atoms with Gasteiger partial charge in [0.15, 0.2) is 5.17 Å². The topological polar surface area (TPSA) is 74.1 Å². The Balaban J connectivity index is 1.35. The van der Waals surface area contributed by atoms with Crippen LogP contribution in [0.15, 0.2) is 70.0 Å². The predicted octanol–water partition coefficient (Wildman–Crippen LogP) is 4.96. The molecule has 0 fully saturated rings. The Bertz CT molecular complexity index is 1310. The molecule has 1 N–H and O–H groups in total. The van der Waals surface area contributed by atoms with Crippen molar-refractivity contribution in [2.45, 2.75) is 38.6 Å². The molecule has 0 saturated heterocycles. The molecule has 3 aromatic rings. The quantitative estimate of drug-likeness (QED) is 0.533. The van der Waals surface area contributed by atoms with Crippen LogP contribution in [0.2, 0.25) is 0 Å². The molecule has 2 aromatic carbocycles. The van der Waals surface area contributed by atoms with Crippen molar-refractivity contribution in [3.05, 3.63) is 87.1 Å². The van der Waals surface area contributed by atoms with E-state index < -0.39 is 6.04 Å². The first-order valence-electron chi connectivity index (χ1n) is 11.1. The van der Waals surface area contributed by atoms with Crippen molar-refractivity contribution in [1.29, 1.82) is 0 Å². The summed E-state index contributed by atoms with van der Waals surface area (Å²) in [6.07, 6.45) is 0.0153. The van der Waals surface area contributed by atoms with Gasteiger partial charge in [-0.15, -0.1) is 11.3 Å². The number of carbonyl (C=O) groups is 2. The molecule has 0 saturated carbocycles. The Morgan fingerprint density at radius 2 is 2.00 bits per heavy atom. The number of para-hydroxylation sites is 1. The van der Waals surface area contributed by atoms with Crippen molar-refractivity contribution in [2.75, 3.05) is 0 Å². The molecule has 0 radical (unpaired) electrons. The van der Waals surface area contributed by atoms with Gasteiger partial charge >= 0.3 is 0 Å². The van der Waals surface area contributed by atoms with Crippen molar-refractivity contribution in [2.24, 2.45) is 9.98 Å². The summed E-state index contributed by atoms with van der Waals surface area (Å²) in [7, 11) is 0. The third kappa shape index (κ3) is 4.56. The van der Waals surface area contributed by atoms with E-state index in [0.29, 0.717) is 23.3 Å². The second-order valence-corrected chi connectivity index (χ2v) is 10.3. The number of benzene rings is 2. The van der Waals surface area contributed by atoms with Crippen molar-refractivity contribution >= 4 is 51.6 Å². The van der Waals surface area contributed by atoms with Crippen LogP contribution in [0.25, 0.3) is 0 Å². The Hall–Kier alpha value is -3.23. The van der Waals surface area contributed by atoms with E-state index in [0.717, 1.165) is 16.1 Å². The van der Waals surface area contributed by atoms with Crippen LogP contribution in [0.4, 0.5) is 5.69 Å². The maximum atomic E-state index is 13.4. The largest absolute Gasteiger partial charge is 0.351 e. The zero-order valence-electron chi connectivity index (χ0n) is 18.9. The monoisotopic (exact) mass is 488 g/mol. The number of amides is 2. The molecule has 8 heteroatoms. The summed E-state index contributed by atoms with van der Waals surface area (Å²) < 4.78 is 0. The number of hydrogen-bond donors (Lipinski definition) is 1. The molecule has 5 rings (SSSR count). The minimum atomic E-state index is -0.753. The Morgan fingerprint density at radius 3 is 2.79 bits per heavy atom. The van der Waals surface area contributed by atoms with Crippen molar-refractivity contribution < 1.29 is 9.59 Å². The SMILES string of the molecule is Cc1ccc(CSC2=Nc3ccccc3C3=NC(CC(=O)NCc4cccs4)C(=O)N23)c(C)c1. The maximum Gasteiger partial charge on any atom is 0.259 e. The van der Waals surface area contributed by atoms with Crippen molar-refractivity contribution in [1.82, 2.24) is 10.2 Å². The number of amidine groups is 2. The van der Waals surface area contributed by atoms with Gasteiger partial charge in [0, 0.05) is 16.2 Å². The van der Waals surface area contributed by atoms with Gasteiger partial charge in [0.2, 0.25) is 5.91 Å². The lowest BCUT2D eigenvalue weighted by atomic mass is 10.1. The minimum absolute atomic E-state index is 0.0153. The number of thioether (sulfide) groups is 1. The highest BCUT2D eigenvalue weighted by Gasteiger charge is 2.42. The Labute approximate surface area is 206 Å².